The first-order valence-corrected chi connectivity index (χ1v) is 5.51. The van der Waals surface area contributed by atoms with Crippen molar-refractivity contribution in [3.63, 3.8) is 0 Å². The summed E-state index contributed by atoms with van der Waals surface area (Å²) in [5.41, 5.74) is 6.69. The smallest absolute Gasteiger partial charge is 0.335 e. The van der Waals surface area contributed by atoms with Crippen molar-refractivity contribution in [3.05, 3.63) is 40.9 Å². The lowest BCUT2D eigenvalue weighted by molar-refractivity contribution is 0.0697. The first-order valence-electron chi connectivity index (χ1n) is 4.69. The van der Waals surface area contributed by atoms with Gasteiger partial charge in [-0.3, -0.25) is 0 Å². The number of halogens is 1. The molecule has 17 heavy (non-hydrogen) atoms. The van der Waals surface area contributed by atoms with Crippen LogP contribution in [0.25, 0.3) is 10.6 Å². The van der Waals surface area contributed by atoms with Crippen molar-refractivity contribution in [1.82, 2.24) is 4.98 Å². The second-order valence-corrected chi connectivity index (χ2v) is 4.33. The van der Waals surface area contributed by atoms with Gasteiger partial charge in [-0.05, 0) is 12.1 Å². The molecule has 0 aliphatic carbocycles. The number of hydrogen-bond acceptors (Lipinski definition) is 4. The van der Waals surface area contributed by atoms with Gasteiger partial charge >= 0.3 is 5.97 Å². The summed E-state index contributed by atoms with van der Waals surface area (Å²) in [6.07, 6.45) is 1.74. The molecule has 2 aromatic rings. The summed E-state index contributed by atoms with van der Waals surface area (Å²) >= 11 is 1.52. The first-order chi connectivity index (χ1) is 7.70. The molecule has 2 rings (SSSR count). The number of nitrogens with two attached hydrogens (primary N) is 1. The van der Waals surface area contributed by atoms with Crippen molar-refractivity contribution in [2.24, 2.45) is 5.73 Å². The molecule has 1 aromatic carbocycles. The average Bonchev–Trinajstić information content (AvgIpc) is 2.77. The van der Waals surface area contributed by atoms with Gasteiger partial charge in [0, 0.05) is 23.2 Å². The molecule has 4 nitrogen and oxygen atoms in total. The molecule has 0 bridgehead atoms. The third-order valence-electron chi connectivity index (χ3n) is 2.13. The molecule has 0 aliphatic rings. The molecule has 1 aromatic heterocycles. The lowest BCUT2D eigenvalue weighted by atomic mass is 10.1. The Labute approximate surface area is 109 Å². The van der Waals surface area contributed by atoms with Gasteiger partial charge in [0.1, 0.15) is 5.01 Å². The van der Waals surface area contributed by atoms with Gasteiger partial charge in [-0.1, -0.05) is 12.1 Å². The van der Waals surface area contributed by atoms with Crippen molar-refractivity contribution in [2.75, 3.05) is 0 Å². The second kappa shape index (κ2) is 5.77. The molecule has 0 aliphatic heterocycles. The van der Waals surface area contributed by atoms with Crippen LogP contribution >= 0.6 is 23.7 Å². The standard InChI is InChI=1S/C11H10N2O2S.ClH/c12-5-9-6-13-10(16-9)7-1-3-8(4-2-7)11(14)15;/h1-4,6H,5,12H2,(H,14,15);1H. The van der Waals surface area contributed by atoms with Crippen LogP contribution in [0, 0.1) is 0 Å². The summed E-state index contributed by atoms with van der Waals surface area (Å²) in [4.78, 5) is 15.9. The third kappa shape index (κ3) is 3.03. The normalized spacial score (nSPS) is 9.71. The third-order valence-corrected chi connectivity index (χ3v) is 3.20. The fraction of sp³-hybridized carbons (Fsp3) is 0.0909. The highest BCUT2D eigenvalue weighted by molar-refractivity contribution is 7.15. The quantitative estimate of drug-likeness (QED) is 0.898. The van der Waals surface area contributed by atoms with Crippen molar-refractivity contribution in [2.45, 2.75) is 6.54 Å². The first kappa shape index (κ1) is 13.6. The number of aromatic nitrogens is 1. The Morgan fingerprint density at radius 2 is 2.00 bits per heavy atom. The minimum Gasteiger partial charge on any atom is -0.478 e. The fourth-order valence-corrected chi connectivity index (χ4v) is 2.09. The van der Waals surface area contributed by atoms with Crippen molar-refractivity contribution in [1.29, 1.82) is 0 Å². The van der Waals surface area contributed by atoms with E-state index in [9.17, 15) is 4.79 Å². The maximum absolute atomic E-state index is 10.7. The molecule has 3 N–H and O–H groups in total. The highest BCUT2D eigenvalue weighted by Crippen LogP contribution is 2.25. The zero-order valence-electron chi connectivity index (χ0n) is 8.79. The average molecular weight is 271 g/mol. The number of thiazole rings is 1. The van der Waals surface area contributed by atoms with Crippen LogP contribution in [0.2, 0.25) is 0 Å². The van der Waals surface area contributed by atoms with Crippen LogP contribution < -0.4 is 5.73 Å². The van der Waals surface area contributed by atoms with E-state index in [-0.39, 0.29) is 18.0 Å². The van der Waals surface area contributed by atoms with E-state index in [2.05, 4.69) is 4.98 Å². The topological polar surface area (TPSA) is 76.2 Å². The maximum atomic E-state index is 10.7. The van der Waals surface area contributed by atoms with Gasteiger partial charge in [0.2, 0.25) is 0 Å². The Morgan fingerprint density at radius 3 is 2.47 bits per heavy atom. The van der Waals surface area contributed by atoms with Crippen LogP contribution in [0.3, 0.4) is 0 Å². The molecule has 0 radical (unpaired) electrons. The Hall–Kier alpha value is -1.43. The highest BCUT2D eigenvalue weighted by atomic mass is 35.5. The van der Waals surface area contributed by atoms with E-state index >= 15 is 0 Å². The number of carbonyl (C=O) groups is 1. The van der Waals surface area contributed by atoms with Crippen LogP contribution in [0.4, 0.5) is 0 Å². The summed E-state index contributed by atoms with van der Waals surface area (Å²) in [7, 11) is 0. The van der Waals surface area contributed by atoms with Gasteiger partial charge in [0.15, 0.2) is 0 Å². The van der Waals surface area contributed by atoms with E-state index < -0.39 is 5.97 Å². The van der Waals surface area contributed by atoms with E-state index in [1.54, 1.807) is 30.5 Å². The second-order valence-electron chi connectivity index (χ2n) is 3.22. The summed E-state index contributed by atoms with van der Waals surface area (Å²) in [5, 5.41) is 9.62. The molecule has 0 fully saturated rings. The van der Waals surface area contributed by atoms with E-state index in [1.165, 1.54) is 11.3 Å². The molecule has 0 amide bonds. The van der Waals surface area contributed by atoms with Gasteiger partial charge in [-0.2, -0.15) is 0 Å². The van der Waals surface area contributed by atoms with Gasteiger partial charge < -0.3 is 10.8 Å². The Kier molecular flexibility index (Phi) is 4.62. The van der Waals surface area contributed by atoms with E-state index in [0.717, 1.165) is 15.4 Å². The highest BCUT2D eigenvalue weighted by Gasteiger charge is 2.06. The van der Waals surface area contributed by atoms with E-state index in [4.69, 9.17) is 10.8 Å². The van der Waals surface area contributed by atoms with Gasteiger partial charge in [0.05, 0.1) is 5.56 Å². The fourth-order valence-electron chi connectivity index (χ4n) is 1.29. The van der Waals surface area contributed by atoms with Crippen molar-refractivity contribution >= 4 is 29.7 Å². The molecule has 0 spiro atoms. The number of nitrogens with zero attached hydrogens (tertiary/aromatic N) is 1. The lowest BCUT2D eigenvalue weighted by Crippen LogP contribution is -1.94. The molecular weight excluding hydrogens is 260 g/mol. The van der Waals surface area contributed by atoms with E-state index in [0.29, 0.717) is 6.54 Å². The number of aromatic carboxylic acids is 1. The molecule has 0 atom stereocenters. The number of carboxylic acids is 1. The van der Waals surface area contributed by atoms with Gasteiger partial charge in [0.25, 0.3) is 0 Å². The lowest BCUT2D eigenvalue weighted by Gasteiger charge is -1.97. The molecule has 1 heterocycles. The summed E-state index contributed by atoms with van der Waals surface area (Å²) in [5.74, 6) is -0.923. The van der Waals surface area contributed by atoms with Crippen LogP contribution in [0.15, 0.2) is 30.5 Å². The molecule has 0 saturated carbocycles. The number of hydrogen-bond donors (Lipinski definition) is 2. The Balaban J connectivity index is 0.00000144. The summed E-state index contributed by atoms with van der Waals surface area (Å²) in [6, 6.07) is 6.65. The number of rotatable bonds is 3. The maximum Gasteiger partial charge on any atom is 0.335 e. The predicted octanol–water partition coefficient (Wildman–Crippen LogP) is 2.39. The molecular formula is C11H11ClN2O2S. The Morgan fingerprint density at radius 1 is 1.35 bits per heavy atom. The summed E-state index contributed by atoms with van der Waals surface area (Å²) in [6.45, 7) is 0.477. The largest absolute Gasteiger partial charge is 0.478 e. The van der Waals surface area contributed by atoms with Crippen molar-refractivity contribution < 1.29 is 9.90 Å². The minimum absolute atomic E-state index is 0. The van der Waals surface area contributed by atoms with E-state index in [1.807, 2.05) is 0 Å². The van der Waals surface area contributed by atoms with Crippen molar-refractivity contribution in [3.8, 4) is 10.6 Å². The van der Waals surface area contributed by atoms with Crippen LogP contribution in [0.1, 0.15) is 15.2 Å². The van der Waals surface area contributed by atoms with Crippen LogP contribution in [0.5, 0.6) is 0 Å². The minimum atomic E-state index is -0.923. The number of carboxylic acid groups (broad SMARTS) is 1. The predicted molar refractivity (Wildman–Crippen MR) is 69.6 cm³/mol. The molecule has 6 heteroatoms. The SMILES string of the molecule is Cl.NCc1cnc(-c2ccc(C(=O)O)cc2)s1. The number of benzene rings is 1. The van der Waals surface area contributed by atoms with Crippen LogP contribution in [-0.4, -0.2) is 16.1 Å². The Bertz CT molecular complexity index is 510. The zero-order valence-corrected chi connectivity index (χ0v) is 10.4. The molecule has 0 unspecified atom stereocenters. The summed E-state index contributed by atoms with van der Waals surface area (Å²) < 4.78 is 0. The monoisotopic (exact) mass is 270 g/mol. The van der Waals surface area contributed by atoms with Gasteiger partial charge in [-0.25, -0.2) is 9.78 Å². The molecule has 0 saturated heterocycles. The zero-order chi connectivity index (χ0) is 11.5. The van der Waals surface area contributed by atoms with Crippen LogP contribution in [-0.2, 0) is 6.54 Å². The molecule has 90 valence electrons. The van der Waals surface area contributed by atoms with Gasteiger partial charge in [-0.15, -0.1) is 23.7 Å².